The van der Waals surface area contributed by atoms with Crippen LogP contribution in [0.1, 0.15) is 13.3 Å². The highest BCUT2D eigenvalue weighted by Gasteiger charge is 2.09. The number of hydrogen-bond acceptors (Lipinski definition) is 5. The van der Waals surface area contributed by atoms with Gasteiger partial charge in [0, 0.05) is 5.39 Å². The fourth-order valence-electron chi connectivity index (χ4n) is 1.75. The average molecular weight is 247 g/mol. The molecule has 0 radical (unpaired) electrons. The first-order chi connectivity index (χ1) is 8.78. The van der Waals surface area contributed by atoms with Gasteiger partial charge >= 0.3 is 0 Å². The minimum Gasteiger partial charge on any atom is -0.497 e. The van der Waals surface area contributed by atoms with Crippen LogP contribution in [0, 0.1) is 0 Å². The van der Waals surface area contributed by atoms with Gasteiger partial charge in [-0.25, -0.2) is 9.97 Å². The fraction of sp³-hybridized carbons (Fsp3) is 0.385. The third-order valence-electron chi connectivity index (χ3n) is 2.90. The zero-order chi connectivity index (χ0) is 13.0. The lowest BCUT2D eigenvalue weighted by Gasteiger charge is -2.16. The van der Waals surface area contributed by atoms with E-state index in [1.807, 2.05) is 25.1 Å². The quantitative estimate of drug-likeness (QED) is 0.843. The van der Waals surface area contributed by atoms with Gasteiger partial charge in [-0.1, -0.05) is 6.92 Å². The largest absolute Gasteiger partial charge is 0.497 e. The maximum absolute atomic E-state index is 9.23. The zero-order valence-corrected chi connectivity index (χ0v) is 10.6. The number of hydrogen-bond donors (Lipinski definition) is 2. The van der Waals surface area contributed by atoms with Crippen LogP contribution in [-0.4, -0.2) is 34.8 Å². The van der Waals surface area contributed by atoms with Crippen LogP contribution >= 0.6 is 0 Å². The van der Waals surface area contributed by atoms with E-state index in [4.69, 9.17) is 4.74 Å². The van der Waals surface area contributed by atoms with Crippen molar-refractivity contribution in [3.05, 3.63) is 24.5 Å². The van der Waals surface area contributed by atoms with E-state index in [-0.39, 0.29) is 12.6 Å². The first-order valence-electron chi connectivity index (χ1n) is 5.94. The van der Waals surface area contributed by atoms with E-state index in [1.165, 1.54) is 6.33 Å². The molecule has 2 N–H and O–H groups in total. The summed E-state index contributed by atoms with van der Waals surface area (Å²) < 4.78 is 5.20. The number of nitrogens with zero attached hydrogens (tertiary/aromatic N) is 2. The van der Waals surface area contributed by atoms with Gasteiger partial charge in [-0.2, -0.15) is 0 Å². The number of aromatic nitrogens is 2. The predicted molar refractivity (Wildman–Crippen MR) is 70.9 cm³/mol. The Bertz CT molecular complexity index is 527. The van der Waals surface area contributed by atoms with Crippen molar-refractivity contribution < 1.29 is 9.84 Å². The zero-order valence-electron chi connectivity index (χ0n) is 10.6. The lowest BCUT2D eigenvalue weighted by molar-refractivity contribution is 0.271. The molecular weight excluding hydrogens is 230 g/mol. The molecule has 0 spiro atoms. The third-order valence-corrected chi connectivity index (χ3v) is 2.90. The van der Waals surface area contributed by atoms with Crippen molar-refractivity contribution in [3.8, 4) is 5.75 Å². The van der Waals surface area contributed by atoms with E-state index in [0.717, 1.165) is 28.9 Å². The molecule has 18 heavy (non-hydrogen) atoms. The number of anilines is 1. The fourth-order valence-corrected chi connectivity index (χ4v) is 1.75. The van der Waals surface area contributed by atoms with Crippen LogP contribution in [0.3, 0.4) is 0 Å². The number of fused-ring (bicyclic) bond motifs is 1. The lowest BCUT2D eigenvalue weighted by Crippen LogP contribution is -2.23. The Hall–Kier alpha value is -1.88. The first kappa shape index (κ1) is 12.6. The molecule has 0 aliphatic heterocycles. The lowest BCUT2D eigenvalue weighted by atomic mass is 10.2. The Kier molecular flexibility index (Phi) is 3.94. The Labute approximate surface area is 106 Å². The molecule has 96 valence electrons. The summed E-state index contributed by atoms with van der Waals surface area (Å²) >= 11 is 0. The number of aliphatic hydroxyl groups excluding tert-OH is 1. The number of aliphatic hydroxyl groups is 1. The van der Waals surface area contributed by atoms with Gasteiger partial charge < -0.3 is 15.2 Å². The molecule has 2 aromatic rings. The van der Waals surface area contributed by atoms with Gasteiger partial charge in [-0.3, -0.25) is 0 Å². The van der Waals surface area contributed by atoms with E-state index in [0.29, 0.717) is 0 Å². The summed E-state index contributed by atoms with van der Waals surface area (Å²) in [4.78, 5) is 8.44. The minimum atomic E-state index is -0.00528. The molecule has 1 aromatic heterocycles. The molecule has 5 heteroatoms. The van der Waals surface area contributed by atoms with Crippen molar-refractivity contribution in [3.63, 3.8) is 0 Å². The van der Waals surface area contributed by atoms with Crippen molar-refractivity contribution in [1.29, 1.82) is 0 Å². The Morgan fingerprint density at radius 3 is 2.89 bits per heavy atom. The monoisotopic (exact) mass is 247 g/mol. The number of nitrogens with one attached hydrogen (secondary N) is 1. The topological polar surface area (TPSA) is 67.3 Å². The SMILES string of the molecule is CCC(CO)Nc1ncnc2ccc(OC)cc12. The number of benzene rings is 1. The van der Waals surface area contributed by atoms with E-state index in [1.54, 1.807) is 7.11 Å². The second-order valence-corrected chi connectivity index (χ2v) is 4.04. The standard InChI is InChI=1S/C13H17N3O2/c1-3-9(7-17)16-13-11-6-10(18-2)4-5-12(11)14-8-15-13/h4-6,8-9,17H,3,7H2,1-2H3,(H,14,15,16). The molecular formula is C13H17N3O2. The molecule has 0 aliphatic rings. The molecule has 0 saturated heterocycles. The van der Waals surface area contributed by atoms with Gasteiger partial charge in [0.15, 0.2) is 0 Å². The van der Waals surface area contributed by atoms with Crippen molar-refractivity contribution in [2.45, 2.75) is 19.4 Å². The molecule has 1 aromatic carbocycles. The number of methoxy groups -OCH3 is 1. The van der Waals surface area contributed by atoms with Gasteiger partial charge in [-0.05, 0) is 24.6 Å². The summed E-state index contributed by atoms with van der Waals surface area (Å²) in [5.74, 6) is 1.48. The second-order valence-electron chi connectivity index (χ2n) is 4.04. The number of ether oxygens (including phenoxy) is 1. The molecule has 0 bridgehead atoms. The van der Waals surface area contributed by atoms with E-state index < -0.39 is 0 Å². The van der Waals surface area contributed by atoms with Crippen molar-refractivity contribution in [2.75, 3.05) is 19.0 Å². The van der Waals surface area contributed by atoms with Crippen molar-refractivity contribution in [2.24, 2.45) is 0 Å². The van der Waals surface area contributed by atoms with Crippen LogP contribution in [0.15, 0.2) is 24.5 Å². The highest BCUT2D eigenvalue weighted by molar-refractivity contribution is 5.90. The van der Waals surface area contributed by atoms with Crippen LogP contribution in [0.4, 0.5) is 5.82 Å². The molecule has 2 rings (SSSR count). The van der Waals surface area contributed by atoms with Crippen molar-refractivity contribution in [1.82, 2.24) is 9.97 Å². The highest BCUT2D eigenvalue weighted by atomic mass is 16.5. The Morgan fingerprint density at radius 1 is 1.39 bits per heavy atom. The van der Waals surface area contributed by atoms with Gasteiger partial charge in [0.1, 0.15) is 17.9 Å². The van der Waals surface area contributed by atoms with Crippen LogP contribution in [0.25, 0.3) is 10.9 Å². The summed E-state index contributed by atoms with van der Waals surface area (Å²) in [5, 5.41) is 13.3. The van der Waals surface area contributed by atoms with Crippen molar-refractivity contribution >= 4 is 16.7 Å². The minimum absolute atomic E-state index is 0.00528. The summed E-state index contributed by atoms with van der Waals surface area (Å²) in [6.45, 7) is 2.09. The maximum Gasteiger partial charge on any atom is 0.137 e. The van der Waals surface area contributed by atoms with Gasteiger partial charge in [0.25, 0.3) is 0 Å². The molecule has 1 unspecified atom stereocenters. The van der Waals surface area contributed by atoms with Crippen LogP contribution < -0.4 is 10.1 Å². The third kappa shape index (κ3) is 2.51. The smallest absolute Gasteiger partial charge is 0.137 e. The van der Waals surface area contributed by atoms with Crippen LogP contribution in [-0.2, 0) is 0 Å². The highest BCUT2D eigenvalue weighted by Crippen LogP contribution is 2.24. The average Bonchev–Trinajstić information content (AvgIpc) is 2.44. The van der Waals surface area contributed by atoms with Gasteiger partial charge in [-0.15, -0.1) is 0 Å². The molecule has 5 nitrogen and oxygen atoms in total. The maximum atomic E-state index is 9.23. The van der Waals surface area contributed by atoms with E-state index in [9.17, 15) is 5.11 Å². The van der Waals surface area contributed by atoms with Crippen LogP contribution in [0.5, 0.6) is 5.75 Å². The Morgan fingerprint density at radius 2 is 2.22 bits per heavy atom. The molecule has 0 aliphatic carbocycles. The van der Waals surface area contributed by atoms with E-state index >= 15 is 0 Å². The summed E-state index contributed by atoms with van der Waals surface area (Å²) in [6, 6.07) is 5.64. The first-order valence-corrected chi connectivity index (χ1v) is 5.94. The summed E-state index contributed by atoms with van der Waals surface area (Å²) in [6.07, 6.45) is 2.34. The molecule has 0 fully saturated rings. The molecule has 0 saturated carbocycles. The van der Waals surface area contributed by atoms with Gasteiger partial charge in [0.2, 0.25) is 0 Å². The molecule has 1 atom stereocenters. The van der Waals surface area contributed by atoms with E-state index in [2.05, 4.69) is 15.3 Å². The molecule has 1 heterocycles. The normalized spacial score (nSPS) is 12.4. The molecule has 0 amide bonds. The second kappa shape index (κ2) is 5.64. The summed E-state index contributed by atoms with van der Waals surface area (Å²) in [7, 11) is 1.63. The summed E-state index contributed by atoms with van der Waals surface area (Å²) in [5.41, 5.74) is 0.848. The number of rotatable bonds is 5. The van der Waals surface area contributed by atoms with Crippen LogP contribution in [0.2, 0.25) is 0 Å². The van der Waals surface area contributed by atoms with Gasteiger partial charge in [0.05, 0.1) is 25.3 Å². The predicted octanol–water partition coefficient (Wildman–Crippen LogP) is 1.82. The Balaban J connectivity index is 2.42.